The molecule has 0 spiro atoms. The lowest BCUT2D eigenvalue weighted by Gasteiger charge is -2.13. The Morgan fingerprint density at radius 1 is 1.04 bits per heavy atom. The second-order valence-electron chi connectivity index (χ2n) is 5.55. The predicted molar refractivity (Wildman–Crippen MR) is 105 cm³/mol. The van der Waals surface area contributed by atoms with Crippen LogP contribution < -0.4 is 21.9 Å². The number of hydrazine groups is 1. The van der Waals surface area contributed by atoms with Gasteiger partial charge in [-0.1, -0.05) is 28.1 Å². The van der Waals surface area contributed by atoms with Crippen LogP contribution in [0.2, 0.25) is 0 Å². The summed E-state index contributed by atoms with van der Waals surface area (Å²) < 4.78 is 13.8. The smallest absolute Gasteiger partial charge is 0.269 e. The van der Waals surface area contributed by atoms with E-state index < -0.39 is 0 Å². The maximum absolute atomic E-state index is 13.0. The number of carbonyl (C=O) groups is 1. The molecule has 1 heterocycles. The number of anilines is 3. The van der Waals surface area contributed by atoms with Gasteiger partial charge in [-0.15, -0.1) is 0 Å². The molecule has 7 nitrogen and oxygen atoms in total. The zero-order valence-corrected chi connectivity index (χ0v) is 15.6. The third-order valence-corrected chi connectivity index (χ3v) is 4.19. The van der Waals surface area contributed by atoms with E-state index in [4.69, 9.17) is 5.73 Å². The van der Waals surface area contributed by atoms with Crippen LogP contribution in [0.3, 0.4) is 0 Å². The van der Waals surface area contributed by atoms with Gasteiger partial charge >= 0.3 is 0 Å². The van der Waals surface area contributed by atoms with Gasteiger partial charge in [0.25, 0.3) is 5.91 Å². The Morgan fingerprint density at radius 3 is 2.41 bits per heavy atom. The monoisotopic (exact) mass is 430 g/mol. The molecule has 0 aliphatic rings. The van der Waals surface area contributed by atoms with Crippen molar-refractivity contribution in [2.75, 3.05) is 16.5 Å². The molecule has 0 fully saturated rings. The van der Waals surface area contributed by atoms with Gasteiger partial charge in [0.1, 0.15) is 17.8 Å². The number of hydrogen-bond acceptors (Lipinski definition) is 6. The van der Waals surface area contributed by atoms with Crippen LogP contribution >= 0.6 is 15.9 Å². The first-order valence-corrected chi connectivity index (χ1v) is 8.73. The van der Waals surface area contributed by atoms with Gasteiger partial charge in [-0.25, -0.2) is 14.4 Å². The number of rotatable bonds is 6. The van der Waals surface area contributed by atoms with Gasteiger partial charge in [0.15, 0.2) is 11.6 Å². The van der Waals surface area contributed by atoms with Crippen molar-refractivity contribution in [2.45, 2.75) is 6.54 Å². The number of aromatic nitrogens is 2. The summed E-state index contributed by atoms with van der Waals surface area (Å²) in [6, 6.07) is 13.0. The topological polar surface area (TPSA) is 105 Å². The number of amides is 1. The maximum Gasteiger partial charge on any atom is 0.269 e. The fourth-order valence-electron chi connectivity index (χ4n) is 2.21. The lowest BCUT2D eigenvalue weighted by atomic mass is 10.2. The molecule has 2 aromatic carbocycles. The zero-order chi connectivity index (χ0) is 19.2. The normalized spacial score (nSPS) is 10.3. The van der Waals surface area contributed by atoms with Crippen LogP contribution in [-0.2, 0) is 6.54 Å². The van der Waals surface area contributed by atoms with Crippen LogP contribution in [0.15, 0.2) is 59.3 Å². The second kappa shape index (κ2) is 8.45. The van der Waals surface area contributed by atoms with Crippen LogP contribution in [0.4, 0.5) is 21.7 Å². The average Bonchev–Trinajstić information content (AvgIpc) is 2.68. The molecular weight excluding hydrogens is 415 g/mol. The quantitative estimate of drug-likeness (QED) is 0.447. The van der Waals surface area contributed by atoms with Gasteiger partial charge in [0, 0.05) is 16.6 Å². The summed E-state index contributed by atoms with van der Waals surface area (Å²) in [7, 11) is 0. The van der Waals surface area contributed by atoms with Crippen molar-refractivity contribution in [3.63, 3.8) is 0 Å². The summed E-state index contributed by atoms with van der Waals surface area (Å²) in [5.74, 6) is 0.0291. The number of nitrogen functional groups attached to an aromatic ring is 1. The standard InChI is InChI=1S/C18H16BrFN6O/c19-13-5-3-12(4-6-13)18(27)26-25-17-15(21)16(23-10-24-17)22-9-11-1-7-14(20)8-2-11/h1-8,10H,9,21H2,(H,26,27)(H2,22,23,24,25). The Kier molecular flexibility index (Phi) is 5.82. The number of hydrogen-bond donors (Lipinski definition) is 4. The van der Waals surface area contributed by atoms with E-state index in [0.717, 1.165) is 10.0 Å². The van der Waals surface area contributed by atoms with Crippen molar-refractivity contribution in [3.05, 3.63) is 76.3 Å². The number of nitrogens with zero attached hydrogens (tertiary/aromatic N) is 2. The number of nitrogens with one attached hydrogen (secondary N) is 3. The van der Waals surface area contributed by atoms with Crippen molar-refractivity contribution < 1.29 is 9.18 Å². The van der Waals surface area contributed by atoms with E-state index in [9.17, 15) is 9.18 Å². The van der Waals surface area contributed by atoms with E-state index in [1.54, 1.807) is 36.4 Å². The molecule has 0 bridgehead atoms. The van der Waals surface area contributed by atoms with Crippen LogP contribution in [0.1, 0.15) is 15.9 Å². The molecule has 0 aliphatic heterocycles. The molecule has 27 heavy (non-hydrogen) atoms. The first-order chi connectivity index (χ1) is 13.0. The highest BCUT2D eigenvalue weighted by molar-refractivity contribution is 9.10. The SMILES string of the molecule is Nc1c(NCc2ccc(F)cc2)ncnc1NNC(=O)c1ccc(Br)cc1. The van der Waals surface area contributed by atoms with Gasteiger partial charge in [0.05, 0.1) is 0 Å². The van der Waals surface area contributed by atoms with E-state index in [0.29, 0.717) is 17.9 Å². The molecular formula is C18H16BrFN6O. The molecule has 3 aromatic rings. The van der Waals surface area contributed by atoms with Crippen molar-refractivity contribution in [2.24, 2.45) is 0 Å². The molecule has 9 heteroatoms. The highest BCUT2D eigenvalue weighted by Gasteiger charge is 2.10. The van der Waals surface area contributed by atoms with Gasteiger partial charge in [-0.2, -0.15) is 0 Å². The Bertz CT molecular complexity index is 934. The van der Waals surface area contributed by atoms with Crippen LogP contribution in [0.5, 0.6) is 0 Å². The Hall–Kier alpha value is -3.20. The molecule has 3 rings (SSSR count). The van der Waals surface area contributed by atoms with E-state index >= 15 is 0 Å². The van der Waals surface area contributed by atoms with Crippen molar-refractivity contribution in [3.8, 4) is 0 Å². The summed E-state index contributed by atoms with van der Waals surface area (Å²) in [6.07, 6.45) is 1.32. The molecule has 1 amide bonds. The minimum Gasteiger partial charge on any atom is -0.393 e. The lowest BCUT2D eigenvalue weighted by molar-refractivity contribution is 0.0962. The van der Waals surface area contributed by atoms with Crippen LogP contribution in [-0.4, -0.2) is 15.9 Å². The van der Waals surface area contributed by atoms with Gasteiger partial charge < -0.3 is 11.1 Å². The lowest BCUT2D eigenvalue weighted by Crippen LogP contribution is -2.30. The number of benzene rings is 2. The highest BCUT2D eigenvalue weighted by Crippen LogP contribution is 2.22. The summed E-state index contributed by atoms with van der Waals surface area (Å²) >= 11 is 3.32. The van der Waals surface area contributed by atoms with Crippen LogP contribution in [0.25, 0.3) is 0 Å². The third-order valence-electron chi connectivity index (χ3n) is 3.66. The van der Waals surface area contributed by atoms with Crippen molar-refractivity contribution in [1.29, 1.82) is 0 Å². The number of nitrogens with two attached hydrogens (primary N) is 1. The first-order valence-electron chi connectivity index (χ1n) is 7.93. The fraction of sp³-hybridized carbons (Fsp3) is 0.0556. The molecule has 5 N–H and O–H groups in total. The van der Waals surface area contributed by atoms with E-state index in [1.165, 1.54) is 18.5 Å². The molecule has 0 unspecified atom stereocenters. The molecule has 138 valence electrons. The van der Waals surface area contributed by atoms with Gasteiger partial charge in [-0.05, 0) is 42.0 Å². The average molecular weight is 431 g/mol. The van der Waals surface area contributed by atoms with Crippen molar-refractivity contribution in [1.82, 2.24) is 15.4 Å². The highest BCUT2D eigenvalue weighted by atomic mass is 79.9. The van der Waals surface area contributed by atoms with E-state index in [-0.39, 0.29) is 23.2 Å². The summed E-state index contributed by atoms with van der Waals surface area (Å²) in [6.45, 7) is 0.409. The van der Waals surface area contributed by atoms with E-state index in [1.807, 2.05) is 0 Å². The maximum atomic E-state index is 13.0. The van der Waals surface area contributed by atoms with Gasteiger partial charge in [-0.3, -0.25) is 15.6 Å². The summed E-state index contributed by atoms with van der Waals surface area (Å²) in [5, 5.41) is 3.06. The number of carbonyl (C=O) groups excluding carboxylic acids is 1. The summed E-state index contributed by atoms with van der Waals surface area (Å²) in [5.41, 5.74) is 12.9. The Balaban J connectivity index is 1.63. The largest absolute Gasteiger partial charge is 0.393 e. The van der Waals surface area contributed by atoms with Crippen molar-refractivity contribution >= 4 is 39.2 Å². The second-order valence-corrected chi connectivity index (χ2v) is 6.47. The molecule has 0 radical (unpaired) electrons. The number of halogens is 2. The Labute approximate surface area is 163 Å². The first kappa shape index (κ1) is 18.6. The molecule has 0 saturated heterocycles. The minimum atomic E-state index is -0.332. The Morgan fingerprint density at radius 2 is 1.70 bits per heavy atom. The molecule has 0 aliphatic carbocycles. The zero-order valence-electron chi connectivity index (χ0n) is 14.0. The molecule has 0 atom stereocenters. The molecule has 0 saturated carbocycles. The van der Waals surface area contributed by atoms with E-state index in [2.05, 4.69) is 42.1 Å². The fourth-order valence-corrected chi connectivity index (χ4v) is 2.48. The van der Waals surface area contributed by atoms with Crippen LogP contribution in [0, 0.1) is 5.82 Å². The summed E-state index contributed by atoms with van der Waals surface area (Å²) in [4.78, 5) is 20.3. The van der Waals surface area contributed by atoms with Gasteiger partial charge in [0.2, 0.25) is 0 Å². The predicted octanol–water partition coefficient (Wildman–Crippen LogP) is 3.33. The minimum absolute atomic E-state index is 0.246. The third kappa shape index (κ3) is 4.91. The molecule has 1 aromatic heterocycles.